The second-order valence-electron chi connectivity index (χ2n) is 4.22. The minimum absolute atomic E-state index is 0.0468. The SMILES string of the molecule is O=C1C2SC=CC2=NC(=S)N1CC1CCCO1. The summed E-state index contributed by atoms with van der Waals surface area (Å²) >= 11 is 6.68. The molecular weight excluding hydrogens is 256 g/mol. The molecule has 3 aliphatic heterocycles. The lowest BCUT2D eigenvalue weighted by atomic mass is 10.1. The summed E-state index contributed by atoms with van der Waals surface area (Å²) in [4.78, 5) is 18.2. The molecule has 1 amide bonds. The van der Waals surface area contributed by atoms with Crippen LogP contribution >= 0.6 is 24.0 Å². The summed E-state index contributed by atoms with van der Waals surface area (Å²) in [5.74, 6) is 0.0468. The molecule has 3 rings (SSSR count). The zero-order valence-electron chi connectivity index (χ0n) is 9.17. The quantitative estimate of drug-likeness (QED) is 0.709. The van der Waals surface area contributed by atoms with Crippen molar-refractivity contribution in [1.82, 2.24) is 4.90 Å². The van der Waals surface area contributed by atoms with E-state index >= 15 is 0 Å². The number of fused-ring (bicyclic) bond motifs is 1. The van der Waals surface area contributed by atoms with Gasteiger partial charge in [-0.25, -0.2) is 4.99 Å². The fourth-order valence-electron chi connectivity index (χ4n) is 2.19. The number of carbonyl (C=O) groups excluding carboxylic acids is 1. The molecule has 1 fully saturated rings. The minimum Gasteiger partial charge on any atom is -0.376 e. The van der Waals surface area contributed by atoms with Crippen molar-refractivity contribution in [2.75, 3.05) is 13.2 Å². The Morgan fingerprint density at radius 2 is 2.53 bits per heavy atom. The third kappa shape index (κ3) is 2.05. The molecule has 4 nitrogen and oxygen atoms in total. The standard InChI is InChI=1S/C11H12N2O2S2/c14-10-9-8(3-5-17-9)12-11(16)13(10)6-7-2-1-4-15-7/h3,5,7,9H,1-2,4,6H2. The van der Waals surface area contributed by atoms with Crippen molar-refractivity contribution in [2.45, 2.75) is 24.2 Å². The van der Waals surface area contributed by atoms with Crippen LogP contribution in [0, 0.1) is 0 Å². The lowest BCUT2D eigenvalue weighted by Crippen LogP contribution is -2.49. The van der Waals surface area contributed by atoms with Gasteiger partial charge in [0.05, 0.1) is 18.4 Å². The summed E-state index contributed by atoms with van der Waals surface area (Å²) in [5.41, 5.74) is 0.786. The van der Waals surface area contributed by atoms with E-state index < -0.39 is 0 Å². The van der Waals surface area contributed by atoms with E-state index in [9.17, 15) is 4.79 Å². The van der Waals surface area contributed by atoms with Crippen LogP contribution in [0.25, 0.3) is 0 Å². The highest BCUT2D eigenvalue weighted by atomic mass is 32.2. The Balaban J connectivity index is 1.77. The zero-order valence-corrected chi connectivity index (χ0v) is 10.8. The maximum Gasteiger partial charge on any atom is 0.248 e. The number of carbonyl (C=O) groups is 1. The predicted molar refractivity (Wildman–Crippen MR) is 71.2 cm³/mol. The maximum absolute atomic E-state index is 12.2. The first-order valence-electron chi connectivity index (χ1n) is 5.63. The van der Waals surface area contributed by atoms with E-state index in [4.69, 9.17) is 17.0 Å². The molecule has 3 heterocycles. The second kappa shape index (κ2) is 4.51. The molecule has 0 radical (unpaired) electrons. The van der Waals surface area contributed by atoms with Crippen molar-refractivity contribution in [3.05, 3.63) is 11.5 Å². The molecule has 17 heavy (non-hydrogen) atoms. The first-order valence-corrected chi connectivity index (χ1v) is 6.98. The topological polar surface area (TPSA) is 41.9 Å². The van der Waals surface area contributed by atoms with Gasteiger partial charge in [0.25, 0.3) is 0 Å². The predicted octanol–water partition coefficient (Wildman–Crippen LogP) is 1.36. The molecule has 2 unspecified atom stereocenters. The third-order valence-corrected chi connectivity index (χ3v) is 4.40. The molecular formula is C11H12N2O2S2. The minimum atomic E-state index is -0.192. The van der Waals surface area contributed by atoms with Gasteiger partial charge >= 0.3 is 0 Å². The number of amides is 1. The van der Waals surface area contributed by atoms with Crippen LogP contribution in [0.5, 0.6) is 0 Å². The van der Waals surface area contributed by atoms with E-state index in [1.807, 2.05) is 11.5 Å². The van der Waals surface area contributed by atoms with Crippen LogP contribution in [0.3, 0.4) is 0 Å². The van der Waals surface area contributed by atoms with Crippen LogP contribution in [0.2, 0.25) is 0 Å². The lowest BCUT2D eigenvalue weighted by molar-refractivity contribution is -0.126. The highest BCUT2D eigenvalue weighted by Gasteiger charge is 2.38. The van der Waals surface area contributed by atoms with Crippen LogP contribution < -0.4 is 0 Å². The zero-order chi connectivity index (χ0) is 11.8. The molecule has 0 aromatic carbocycles. The highest BCUT2D eigenvalue weighted by Crippen LogP contribution is 2.28. The summed E-state index contributed by atoms with van der Waals surface area (Å²) < 4.78 is 5.54. The van der Waals surface area contributed by atoms with Gasteiger partial charge < -0.3 is 4.74 Å². The van der Waals surface area contributed by atoms with E-state index in [-0.39, 0.29) is 17.3 Å². The van der Waals surface area contributed by atoms with Crippen LogP contribution in [0.15, 0.2) is 16.5 Å². The van der Waals surface area contributed by atoms with Crippen LogP contribution in [-0.4, -0.2) is 46.1 Å². The molecule has 0 saturated carbocycles. The van der Waals surface area contributed by atoms with Gasteiger partial charge in [0.1, 0.15) is 5.25 Å². The molecule has 0 bridgehead atoms. The molecule has 90 valence electrons. The Labute approximate surface area is 109 Å². The molecule has 6 heteroatoms. The van der Waals surface area contributed by atoms with Crippen molar-refractivity contribution in [3.8, 4) is 0 Å². The van der Waals surface area contributed by atoms with Crippen LogP contribution in [0.4, 0.5) is 0 Å². The third-order valence-electron chi connectivity index (χ3n) is 3.08. The van der Waals surface area contributed by atoms with Gasteiger partial charge in [0.2, 0.25) is 11.0 Å². The number of aliphatic imine (C=N–C) groups is 1. The van der Waals surface area contributed by atoms with Crippen molar-refractivity contribution < 1.29 is 9.53 Å². The second-order valence-corrected chi connectivity index (χ2v) is 5.60. The smallest absolute Gasteiger partial charge is 0.248 e. The van der Waals surface area contributed by atoms with Gasteiger partial charge in [-0.2, -0.15) is 0 Å². The summed E-state index contributed by atoms with van der Waals surface area (Å²) in [6, 6.07) is 0. The van der Waals surface area contributed by atoms with E-state index in [0.29, 0.717) is 11.7 Å². The normalized spacial score (nSPS) is 32.0. The van der Waals surface area contributed by atoms with Gasteiger partial charge in [-0.1, -0.05) is 0 Å². The highest BCUT2D eigenvalue weighted by molar-refractivity contribution is 8.04. The van der Waals surface area contributed by atoms with Crippen molar-refractivity contribution >= 4 is 40.7 Å². The van der Waals surface area contributed by atoms with E-state index in [0.717, 1.165) is 25.2 Å². The molecule has 0 aromatic rings. The first kappa shape index (κ1) is 11.4. The summed E-state index contributed by atoms with van der Waals surface area (Å²) in [7, 11) is 0. The van der Waals surface area contributed by atoms with Crippen molar-refractivity contribution in [1.29, 1.82) is 0 Å². The number of thiocarbonyl (C=S) groups is 1. The summed E-state index contributed by atoms with van der Waals surface area (Å²) in [5, 5.41) is 2.09. The molecule has 0 spiro atoms. The molecule has 3 aliphatic rings. The number of hydrogen-bond donors (Lipinski definition) is 0. The molecule has 0 N–H and O–H groups in total. The Morgan fingerprint density at radius 3 is 3.29 bits per heavy atom. The van der Waals surface area contributed by atoms with Crippen LogP contribution in [-0.2, 0) is 9.53 Å². The van der Waals surface area contributed by atoms with E-state index in [1.165, 1.54) is 11.8 Å². The number of ether oxygens (including phenoxy) is 1. The number of hydrogen-bond acceptors (Lipinski definition) is 4. The maximum atomic E-state index is 12.2. The number of nitrogens with zero attached hydrogens (tertiary/aromatic N) is 2. The van der Waals surface area contributed by atoms with Gasteiger partial charge in [-0.3, -0.25) is 9.69 Å². The fraction of sp³-hybridized carbons (Fsp3) is 0.545. The Morgan fingerprint density at radius 1 is 1.65 bits per heavy atom. The van der Waals surface area contributed by atoms with Crippen molar-refractivity contribution in [3.63, 3.8) is 0 Å². The fourth-order valence-corrected chi connectivity index (χ4v) is 3.35. The molecule has 0 aromatic heterocycles. The largest absolute Gasteiger partial charge is 0.376 e. The Hall–Kier alpha value is -0.720. The monoisotopic (exact) mass is 268 g/mol. The van der Waals surface area contributed by atoms with Crippen LogP contribution in [0.1, 0.15) is 12.8 Å². The lowest BCUT2D eigenvalue weighted by Gasteiger charge is -2.29. The number of thioether (sulfide) groups is 1. The number of allylic oxidation sites excluding steroid dienone is 1. The average molecular weight is 268 g/mol. The summed E-state index contributed by atoms with van der Waals surface area (Å²) in [6.45, 7) is 1.33. The first-order chi connectivity index (χ1) is 8.25. The summed E-state index contributed by atoms with van der Waals surface area (Å²) in [6.07, 6.45) is 4.04. The number of rotatable bonds is 2. The Kier molecular flexibility index (Phi) is 3.02. The average Bonchev–Trinajstić information content (AvgIpc) is 2.94. The van der Waals surface area contributed by atoms with Gasteiger partial charge in [-0.05, 0) is 36.5 Å². The molecule has 2 atom stereocenters. The Bertz CT molecular complexity index is 427. The van der Waals surface area contributed by atoms with Gasteiger partial charge in [-0.15, -0.1) is 11.8 Å². The van der Waals surface area contributed by atoms with E-state index in [1.54, 1.807) is 4.90 Å². The van der Waals surface area contributed by atoms with Crippen molar-refractivity contribution in [2.24, 2.45) is 4.99 Å². The van der Waals surface area contributed by atoms with Gasteiger partial charge in [0, 0.05) is 6.61 Å². The molecule has 1 saturated heterocycles. The molecule has 0 aliphatic carbocycles. The van der Waals surface area contributed by atoms with Gasteiger partial charge in [0.15, 0.2) is 0 Å². The van der Waals surface area contributed by atoms with E-state index in [2.05, 4.69) is 4.99 Å².